The van der Waals surface area contributed by atoms with E-state index in [0.29, 0.717) is 6.20 Å². The predicted octanol–water partition coefficient (Wildman–Crippen LogP) is 1.60. The first-order valence-electron chi connectivity index (χ1n) is 4.57. The van der Waals surface area contributed by atoms with Gasteiger partial charge in [-0.15, -0.1) is 0 Å². The van der Waals surface area contributed by atoms with Crippen LogP contribution in [0.25, 0.3) is 0 Å². The summed E-state index contributed by atoms with van der Waals surface area (Å²) in [7, 11) is 0. The van der Waals surface area contributed by atoms with Crippen molar-refractivity contribution in [2.75, 3.05) is 0 Å². The number of nitrogens with two attached hydrogens (primary N) is 2. The molecule has 100 valence electrons. The quantitative estimate of drug-likeness (QED) is 0.817. The van der Waals surface area contributed by atoms with Gasteiger partial charge >= 0.3 is 6.18 Å². The molecule has 0 fully saturated rings. The summed E-state index contributed by atoms with van der Waals surface area (Å²) in [4.78, 5) is 14.2. The lowest BCUT2D eigenvalue weighted by atomic mass is 10.00. The summed E-state index contributed by atoms with van der Waals surface area (Å²) < 4.78 is 63.6. The maximum absolute atomic E-state index is 12.7. The molecule has 0 saturated carbocycles. The molecule has 0 aliphatic heterocycles. The Labute approximate surface area is 97.8 Å². The van der Waals surface area contributed by atoms with Gasteiger partial charge in [-0.1, -0.05) is 0 Å². The minimum atomic E-state index is -5.15. The third kappa shape index (κ3) is 2.55. The summed E-state index contributed by atoms with van der Waals surface area (Å²) in [5, 5.41) is 0. The number of aromatic nitrogens is 1. The number of pyridine rings is 1. The van der Waals surface area contributed by atoms with Crippen molar-refractivity contribution in [3.8, 4) is 0 Å². The summed E-state index contributed by atoms with van der Waals surface area (Å²) in [6.45, 7) is -0.609. The number of carbonyl (C=O) groups excluding carboxylic acids is 1. The van der Waals surface area contributed by atoms with Gasteiger partial charge in [-0.2, -0.15) is 13.2 Å². The van der Waals surface area contributed by atoms with Crippen LogP contribution in [0.3, 0.4) is 0 Å². The van der Waals surface area contributed by atoms with E-state index in [1.54, 1.807) is 0 Å². The van der Waals surface area contributed by atoms with Crippen LogP contribution >= 0.6 is 0 Å². The molecule has 0 unspecified atom stereocenters. The van der Waals surface area contributed by atoms with Gasteiger partial charge in [-0.25, -0.2) is 8.78 Å². The Morgan fingerprint density at radius 3 is 2.28 bits per heavy atom. The minimum Gasteiger partial charge on any atom is -0.366 e. The molecule has 1 heterocycles. The van der Waals surface area contributed by atoms with Crippen molar-refractivity contribution in [3.63, 3.8) is 0 Å². The average molecular weight is 269 g/mol. The fourth-order valence-electron chi connectivity index (χ4n) is 1.46. The van der Waals surface area contributed by atoms with E-state index in [0.717, 1.165) is 0 Å². The zero-order chi connectivity index (χ0) is 14.1. The van der Waals surface area contributed by atoms with Crippen LogP contribution in [0.15, 0.2) is 6.20 Å². The van der Waals surface area contributed by atoms with E-state index >= 15 is 0 Å². The molecular weight excluding hydrogens is 261 g/mol. The molecular formula is C9H8F5N3O. The Kier molecular flexibility index (Phi) is 3.85. The van der Waals surface area contributed by atoms with Crippen LogP contribution in [0.4, 0.5) is 22.0 Å². The van der Waals surface area contributed by atoms with Crippen molar-refractivity contribution < 1.29 is 26.7 Å². The molecule has 0 saturated heterocycles. The maximum atomic E-state index is 12.7. The van der Waals surface area contributed by atoms with Crippen LogP contribution in [0.5, 0.6) is 0 Å². The number of hydrogen-bond acceptors (Lipinski definition) is 3. The first-order chi connectivity index (χ1) is 8.20. The molecule has 1 amide bonds. The second-order valence-corrected chi connectivity index (χ2v) is 3.27. The number of rotatable bonds is 3. The highest BCUT2D eigenvalue weighted by Crippen LogP contribution is 2.39. The largest absolute Gasteiger partial charge is 0.417 e. The van der Waals surface area contributed by atoms with Gasteiger partial charge in [-0.3, -0.25) is 9.78 Å². The predicted molar refractivity (Wildman–Crippen MR) is 50.6 cm³/mol. The van der Waals surface area contributed by atoms with Gasteiger partial charge in [0.15, 0.2) is 0 Å². The Balaban J connectivity index is 3.71. The van der Waals surface area contributed by atoms with Gasteiger partial charge in [0.25, 0.3) is 12.3 Å². The monoisotopic (exact) mass is 269 g/mol. The Morgan fingerprint density at radius 2 is 1.94 bits per heavy atom. The normalized spacial score (nSPS) is 11.9. The SMILES string of the molecule is NCc1ncc(C(N)=O)c(C(F)(F)F)c1C(F)F. The summed E-state index contributed by atoms with van der Waals surface area (Å²) in [5.74, 6) is -1.49. The third-order valence-electron chi connectivity index (χ3n) is 2.16. The van der Waals surface area contributed by atoms with Gasteiger partial charge in [0.05, 0.1) is 22.4 Å². The van der Waals surface area contributed by atoms with Crippen LogP contribution < -0.4 is 11.5 Å². The molecule has 0 aliphatic carbocycles. The van der Waals surface area contributed by atoms with Crippen LogP contribution in [0.1, 0.15) is 33.6 Å². The van der Waals surface area contributed by atoms with Crippen molar-refractivity contribution in [1.82, 2.24) is 4.98 Å². The Morgan fingerprint density at radius 1 is 1.39 bits per heavy atom. The van der Waals surface area contributed by atoms with Crippen molar-refractivity contribution in [3.05, 3.63) is 28.6 Å². The standard InChI is InChI=1S/C9H8F5N3O/c10-7(11)5-4(1-15)17-2-3(8(16)18)6(5)9(12,13)14/h2,7H,1,15H2,(H2,16,18). The van der Waals surface area contributed by atoms with E-state index in [1.165, 1.54) is 0 Å². The number of carbonyl (C=O) groups is 1. The van der Waals surface area contributed by atoms with Crippen molar-refractivity contribution in [2.24, 2.45) is 11.5 Å². The van der Waals surface area contributed by atoms with E-state index in [-0.39, 0.29) is 0 Å². The van der Waals surface area contributed by atoms with Crippen molar-refractivity contribution in [1.29, 1.82) is 0 Å². The lowest BCUT2D eigenvalue weighted by Crippen LogP contribution is -2.23. The van der Waals surface area contributed by atoms with E-state index in [9.17, 15) is 26.7 Å². The first-order valence-corrected chi connectivity index (χ1v) is 4.57. The number of alkyl halides is 5. The Bertz CT molecular complexity index is 472. The zero-order valence-electron chi connectivity index (χ0n) is 8.76. The third-order valence-corrected chi connectivity index (χ3v) is 2.16. The molecule has 1 aromatic rings. The lowest BCUT2D eigenvalue weighted by molar-refractivity contribution is -0.140. The van der Waals surface area contributed by atoms with E-state index < -0.39 is 47.4 Å². The molecule has 0 radical (unpaired) electrons. The summed E-state index contributed by atoms with van der Waals surface area (Å²) >= 11 is 0. The van der Waals surface area contributed by atoms with Gasteiger partial charge in [-0.05, 0) is 0 Å². The number of hydrogen-bond donors (Lipinski definition) is 2. The molecule has 9 heteroatoms. The van der Waals surface area contributed by atoms with Gasteiger partial charge in [0.2, 0.25) is 0 Å². The molecule has 4 N–H and O–H groups in total. The second kappa shape index (κ2) is 4.84. The summed E-state index contributed by atoms with van der Waals surface area (Å²) in [5.41, 5.74) is 4.86. The molecule has 0 bridgehead atoms. The number of nitrogens with zero attached hydrogens (tertiary/aromatic N) is 1. The van der Waals surface area contributed by atoms with E-state index in [1.807, 2.05) is 0 Å². The highest BCUT2D eigenvalue weighted by atomic mass is 19.4. The van der Waals surface area contributed by atoms with Gasteiger partial charge in [0.1, 0.15) is 0 Å². The fraction of sp³-hybridized carbons (Fsp3) is 0.333. The van der Waals surface area contributed by atoms with E-state index in [4.69, 9.17) is 11.5 Å². The minimum absolute atomic E-state index is 0.499. The average Bonchev–Trinajstić information content (AvgIpc) is 2.25. The molecule has 4 nitrogen and oxygen atoms in total. The van der Waals surface area contributed by atoms with Crippen molar-refractivity contribution >= 4 is 5.91 Å². The number of amides is 1. The van der Waals surface area contributed by atoms with Gasteiger partial charge < -0.3 is 11.5 Å². The molecule has 1 rings (SSSR count). The smallest absolute Gasteiger partial charge is 0.366 e. The van der Waals surface area contributed by atoms with Crippen molar-refractivity contribution in [2.45, 2.75) is 19.1 Å². The molecule has 0 aromatic carbocycles. The Hall–Kier alpha value is -1.77. The summed E-state index contributed by atoms with van der Waals surface area (Å²) in [6.07, 6.45) is -8.12. The summed E-state index contributed by atoms with van der Waals surface area (Å²) in [6, 6.07) is 0. The molecule has 0 aliphatic rings. The number of primary amides is 1. The highest BCUT2D eigenvalue weighted by molar-refractivity contribution is 5.94. The zero-order valence-corrected chi connectivity index (χ0v) is 8.76. The fourth-order valence-corrected chi connectivity index (χ4v) is 1.46. The first kappa shape index (κ1) is 14.3. The topological polar surface area (TPSA) is 82.0 Å². The van der Waals surface area contributed by atoms with Crippen LogP contribution in [-0.2, 0) is 12.7 Å². The molecule has 18 heavy (non-hydrogen) atoms. The molecule has 1 aromatic heterocycles. The van der Waals surface area contributed by atoms with Gasteiger partial charge in [0, 0.05) is 12.7 Å². The molecule has 0 atom stereocenters. The van der Waals surface area contributed by atoms with Crippen LogP contribution in [0, 0.1) is 0 Å². The van der Waals surface area contributed by atoms with Crippen LogP contribution in [0.2, 0.25) is 0 Å². The lowest BCUT2D eigenvalue weighted by Gasteiger charge is -2.17. The van der Waals surface area contributed by atoms with Crippen LogP contribution in [-0.4, -0.2) is 10.9 Å². The molecule has 0 spiro atoms. The second-order valence-electron chi connectivity index (χ2n) is 3.27. The highest BCUT2D eigenvalue weighted by Gasteiger charge is 2.41. The number of halogens is 5. The maximum Gasteiger partial charge on any atom is 0.417 e. The van der Waals surface area contributed by atoms with E-state index in [2.05, 4.69) is 4.98 Å².